The Morgan fingerprint density at radius 1 is 1.31 bits per heavy atom. The summed E-state index contributed by atoms with van der Waals surface area (Å²) in [5.41, 5.74) is 7.46. The smallest absolute Gasteiger partial charge is 0.119 e. The van der Waals surface area contributed by atoms with E-state index in [0.29, 0.717) is 12.0 Å². The molecule has 1 aliphatic rings. The Balaban J connectivity index is 2.15. The molecule has 1 aliphatic carbocycles. The minimum absolute atomic E-state index is 0.229. The summed E-state index contributed by atoms with van der Waals surface area (Å²) in [6.45, 7) is 4.10. The first-order chi connectivity index (χ1) is 7.66. The molecular weight excluding hydrogens is 198 g/mol. The summed E-state index contributed by atoms with van der Waals surface area (Å²) >= 11 is 0. The molecule has 2 unspecified atom stereocenters. The molecular formula is C14H21NO. The first-order valence-corrected chi connectivity index (χ1v) is 6.19. The van der Waals surface area contributed by atoms with Gasteiger partial charge in [0.05, 0.1) is 6.10 Å². The summed E-state index contributed by atoms with van der Waals surface area (Å²) in [6.07, 6.45) is 3.85. The average molecular weight is 219 g/mol. The van der Waals surface area contributed by atoms with Gasteiger partial charge in [-0.1, -0.05) is 18.6 Å². The second-order valence-corrected chi connectivity index (χ2v) is 4.94. The van der Waals surface area contributed by atoms with Gasteiger partial charge in [0, 0.05) is 6.04 Å². The molecule has 1 fully saturated rings. The van der Waals surface area contributed by atoms with Gasteiger partial charge < -0.3 is 10.5 Å². The molecule has 2 heteroatoms. The maximum atomic E-state index is 6.12. The summed E-state index contributed by atoms with van der Waals surface area (Å²) in [7, 11) is 0. The molecule has 2 N–H and O–H groups in total. The fourth-order valence-corrected chi connectivity index (χ4v) is 2.49. The van der Waals surface area contributed by atoms with E-state index in [1.807, 2.05) is 19.9 Å². The number of hydrogen-bond donors (Lipinski definition) is 1. The van der Waals surface area contributed by atoms with Gasteiger partial charge >= 0.3 is 0 Å². The normalized spacial score (nSPS) is 25.0. The average Bonchev–Trinajstić information content (AvgIpc) is 2.64. The number of benzene rings is 1. The van der Waals surface area contributed by atoms with Crippen LogP contribution in [0.3, 0.4) is 0 Å². The Hall–Kier alpha value is -1.02. The number of ether oxygens (including phenoxy) is 1. The van der Waals surface area contributed by atoms with Crippen LogP contribution in [0.25, 0.3) is 0 Å². The molecule has 88 valence electrons. The zero-order valence-electron chi connectivity index (χ0n) is 10.1. The predicted molar refractivity (Wildman–Crippen MR) is 66.8 cm³/mol. The summed E-state index contributed by atoms with van der Waals surface area (Å²) in [5, 5.41) is 0. The molecule has 0 heterocycles. The van der Waals surface area contributed by atoms with Crippen LogP contribution in [0, 0.1) is 0 Å². The van der Waals surface area contributed by atoms with Crippen LogP contribution in [0.5, 0.6) is 5.75 Å². The lowest BCUT2D eigenvalue weighted by molar-refractivity contribution is 0.242. The van der Waals surface area contributed by atoms with Crippen LogP contribution in [0.15, 0.2) is 24.3 Å². The molecule has 2 rings (SSSR count). The van der Waals surface area contributed by atoms with Crippen molar-refractivity contribution >= 4 is 0 Å². The van der Waals surface area contributed by atoms with Crippen LogP contribution in [-0.2, 0) is 0 Å². The van der Waals surface area contributed by atoms with Gasteiger partial charge in [-0.15, -0.1) is 0 Å². The minimum atomic E-state index is 0.229. The van der Waals surface area contributed by atoms with E-state index >= 15 is 0 Å². The lowest BCUT2D eigenvalue weighted by Crippen LogP contribution is -2.22. The van der Waals surface area contributed by atoms with E-state index in [4.69, 9.17) is 10.5 Å². The maximum Gasteiger partial charge on any atom is 0.119 e. The van der Waals surface area contributed by atoms with E-state index in [2.05, 4.69) is 18.2 Å². The van der Waals surface area contributed by atoms with Crippen molar-refractivity contribution in [3.05, 3.63) is 29.8 Å². The Kier molecular flexibility index (Phi) is 3.49. The zero-order chi connectivity index (χ0) is 11.5. The van der Waals surface area contributed by atoms with E-state index in [9.17, 15) is 0 Å². The second kappa shape index (κ2) is 4.88. The van der Waals surface area contributed by atoms with Crippen molar-refractivity contribution in [3.8, 4) is 5.75 Å². The Labute approximate surface area is 97.8 Å². The molecule has 0 saturated heterocycles. The summed E-state index contributed by atoms with van der Waals surface area (Å²) in [5.74, 6) is 1.49. The topological polar surface area (TPSA) is 35.2 Å². The number of rotatable bonds is 3. The van der Waals surface area contributed by atoms with E-state index in [0.717, 1.165) is 12.2 Å². The highest BCUT2D eigenvalue weighted by atomic mass is 16.5. The van der Waals surface area contributed by atoms with Gasteiger partial charge in [0.1, 0.15) is 5.75 Å². The van der Waals surface area contributed by atoms with Gasteiger partial charge in [0.15, 0.2) is 0 Å². The lowest BCUT2D eigenvalue weighted by atomic mass is 9.94. The van der Waals surface area contributed by atoms with Crippen LogP contribution in [-0.4, -0.2) is 12.1 Å². The third-order valence-electron chi connectivity index (χ3n) is 3.23. The Morgan fingerprint density at radius 2 is 2.12 bits per heavy atom. The van der Waals surface area contributed by atoms with Crippen molar-refractivity contribution in [3.63, 3.8) is 0 Å². The highest BCUT2D eigenvalue weighted by molar-refractivity contribution is 5.32. The fraction of sp³-hybridized carbons (Fsp3) is 0.571. The standard InChI is InChI=1S/C14H21NO/c1-10(2)16-12-6-3-5-11(9-12)13-7-4-8-14(13)15/h3,5-6,9-10,13-14H,4,7-8,15H2,1-2H3. The van der Waals surface area contributed by atoms with Gasteiger partial charge in [0.2, 0.25) is 0 Å². The molecule has 0 aliphatic heterocycles. The minimum Gasteiger partial charge on any atom is -0.491 e. The van der Waals surface area contributed by atoms with E-state index in [-0.39, 0.29) is 6.10 Å². The highest BCUT2D eigenvalue weighted by Gasteiger charge is 2.25. The van der Waals surface area contributed by atoms with Crippen LogP contribution in [0.4, 0.5) is 0 Å². The molecule has 16 heavy (non-hydrogen) atoms. The first kappa shape index (κ1) is 11.5. The molecule has 1 saturated carbocycles. The third kappa shape index (κ3) is 2.56. The monoisotopic (exact) mass is 219 g/mol. The van der Waals surface area contributed by atoms with Crippen molar-refractivity contribution in [2.24, 2.45) is 5.73 Å². The molecule has 1 aromatic rings. The predicted octanol–water partition coefficient (Wildman–Crippen LogP) is 3.07. The summed E-state index contributed by atoms with van der Waals surface area (Å²) in [6, 6.07) is 8.73. The van der Waals surface area contributed by atoms with Crippen LogP contribution >= 0.6 is 0 Å². The lowest BCUT2D eigenvalue weighted by Gasteiger charge is -2.17. The van der Waals surface area contributed by atoms with Gasteiger partial charge in [0.25, 0.3) is 0 Å². The molecule has 0 aromatic heterocycles. The SMILES string of the molecule is CC(C)Oc1cccc(C2CCCC2N)c1. The van der Waals surface area contributed by atoms with Gasteiger partial charge in [-0.25, -0.2) is 0 Å². The Bertz CT molecular complexity index is 348. The highest BCUT2D eigenvalue weighted by Crippen LogP contribution is 2.34. The van der Waals surface area contributed by atoms with Crippen molar-refractivity contribution in [1.82, 2.24) is 0 Å². The second-order valence-electron chi connectivity index (χ2n) is 4.94. The van der Waals surface area contributed by atoms with Crippen molar-refractivity contribution in [2.75, 3.05) is 0 Å². The Morgan fingerprint density at radius 3 is 2.75 bits per heavy atom. The zero-order valence-corrected chi connectivity index (χ0v) is 10.1. The molecule has 2 atom stereocenters. The molecule has 1 aromatic carbocycles. The first-order valence-electron chi connectivity index (χ1n) is 6.19. The third-order valence-corrected chi connectivity index (χ3v) is 3.23. The van der Waals surface area contributed by atoms with Crippen LogP contribution < -0.4 is 10.5 Å². The summed E-state index contributed by atoms with van der Waals surface area (Å²) < 4.78 is 5.71. The van der Waals surface area contributed by atoms with Crippen molar-refractivity contribution in [2.45, 2.75) is 51.2 Å². The summed E-state index contributed by atoms with van der Waals surface area (Å²) in [4.78, 5) is 0. The molecule has 2 nitrogen and oxygen atoms in total. The maximum absolute atomic E-state index is 6.12. The van der Waals surface area contributed by atoms with Gasteiger partial charge in [-0.05, 0) is 50.3 Å². The molecule has 0 bridgehead atoms. The van der Waals surface area contributed by atoms with E-state index in [1.165, 1.54) is 18.4 Å². The van der Waals surface area contributed by atoms with Gasteiger partial charge in [-0.3, -0.25) is 0 Å². The molecule has 0 amide bonds. The largest absolute Gasteiger partial charge is 0.491 e. The van der Waals surface area contributed by atoms with Crippen LogP contribution in [0.1, 0.15) is 44.6 Å². The molecule has 0 spiro atoms. The van der Waals surface area contributed by atoms with E-state index < -0.39 is 0 Å². The van der Waals surface area contributed by atoms with Crippen molar-refractivity contribution < 1.29 is 4.74 Å². The molecule has 0 radical (unpaired) electrons. The van der Waals surface area contributed by atoms with Crippen LogP contribution in [0.2, 0.25) is 0 Å². The number of hydrogen-bond acceptors (Lipinski definition) is 2. The van der Waals surface area contributed by atoms with Crippen molar-refractivity contribution in [1.29, 1.82) is 0 Å². The van der Waals surface area contributed by atoms with E-state index in [1.54, 1.807) is 0 Å². The van der Waals surface area contributed by atoms with Gasteiger partial charge in [-0.2, -0.15) is 0 Å². The fourth-order valence-electron chi connectivity index (χ4n) is 2.49. The quantitative estimate of drug-likeness (QED) is 0.848. The number of nitrogens with two attached hydrogens (primary N) is 1.